The summed E-state index contributed by atoms with van der Waals surface area (Å²) in [7, 11) is 1.76. The van der Waals surface area contributed by atoms with Crippen molar-refractivity contribution in [2.24, 2.45) is 0 Å². The third-order valence-corrected chi connectivity index (χ3v) is 5.13. The average molecular weight is 384 g/mol. The van der Waals surface area contributed by atoms with Crippen LogP contribution in [0.4, 0.5) is 16.2 Å². The van der Waals surface area contributed by atoms with Gasteiger partial charge in [0.2, 0.25) is 5.78 Å². The number of benzene rings is 2. The van der Waals surface area contributed by atoms with Crippen molar-refractivity contribution < 1.29 is 14.0 Å². The van der Waals surface area contributed by atoms with E-state index in [4.69, 9.17) is 21.8 Å². The van der Waals surface area contributed by atoms with Gasteiger partial charge in [-0.3, -0.25) is 9.69 Å². The molecule has 4 rings (SSSR count). The number of anilines is 2. The number of nitrogens with two attached hydrogens (primary N) is 1. The lowest BCUT2D eigenvalue weighted by Gasteiger charge is -2.15. The van der Waals surface area contributed by atoms with Crippen molar-refractivity contribution in [3.63, 3.8) is 0 Å². The van der Waals surface area contributed by atoms with E-state index >= 15 is 0 Å². The van der Waals surface area contributed by atoms with E-state index < -0.39 is 0 Å². The number of ketones is 1. The molecule has 0 radical (unpaired) electrons. The van der Waals surface area contributed by atoms with Crippen LogP contribution in [-0.4, -0.2) is 36.9 Å². The molecule has 1 fully saturated rings. The van der Waals surface area contributed by atoms with Gasteiger partial charge in [-0.2, -0.15) is 0 Å². The second-order valence-electron chi connectivity index (χ2n) is 6.69. The maximum Gasteiger partial charge on any atom is 0.324 e. The summed E-state index contributed by atoms with van der Waals surface area (Å²) in [6.45, 7) is 3.16. The van der Waals surface area contributed by atoms with Crippen molar-refractivity contribution in [3.05, 3.63) is 58.3 Å². The Balaban J connectivity index is 1.75. The molecular weight excluding hydrogens is 366 g/mol. The van der Waals surface area contributed by atoms with Gasteiger partial charge in [0.15, 0.2) is 5.76 Å². The highest BCUT2D eigenvalue weighted by atomic mass is 35.5. The van der Waals surface area contributed by atoms with Gasteiger partial charge in [0.1, 0.15) is 5.58 Å². The van der Waals surface area contributed by atoms with Crippen LogP contribution in [0.25, 0.3) is 11.0 Å². The molecule has 1 saturated heterocycles. The Hall–Kier alpha value is -2.99. The molecule has 0 atom stereocenters. The van der Waals surface area contributed by atoms with Crippen LogP contribution < -0.4 is 10.6 Å². The third kappa shape index (κ3) is 2.82. The Morgan fingerprint density at radius 1 is 1.19 bits per heavy atom. The summed E-state index contributed by atoms with van der Waals surface area (Å²) in [4.78, 5) is 28.4. The molecule has 2 heterocycles. The molecule has 0 unspecified atom stereocenters. The predicted molar refractivity (Wildman–Crippen MR) is 106 cm³/mol. The predicted octanol–water partition coefficient (Wildman–Crippen LogP) is 4.08. The molecule has 0 aliphatic carbocycles. The van der Waals surface area contributed by atoms with Gasteiger partial charge >= 0.3 is 6.03 Å². The molecule has 1 aliphatic rings. The standard InChI is InChI=1S/C20H18ClN3O3/c1-11-3-5-13(15(21)9-11)18(25)19-17(22)14-6-4-12(10-16(14)27-19)24-8-7-23(2)20(24)26/h3-6,9-10H,7-8,22H2,1-2H3. The molecule has 7 heteroatoms. The maximum absolute atomic E-state index is 12.9. The molecule has 2 N–H and O–H groups in total. The fourth-order valence-electron chi connectivity index (χ4n) is 3.26. The van der Waals surface area contributed by atoms with Crippen LogP contribution in [0.1, 0.15) is 21.7 Å². The summed E-state index contributed by atoms with van der Waals surface area (Å²) in [5.74, 6) is -0.315. The van der Waals surface area contributed by atoms with E-state index in [1.807, 2.05) is 13.0 Å². The fourth-order valence-corrected chi connectivity index (χ4v) is 3.58. The number of hydrogen-bond acceptors (Lipinski definition) is 4. The second kappa shape index (κ2) is 6.32. The first kappa shape index (κ1) is 17.4. The average Bonchev–Trinajstić information content (AvgIpc) is 3.14. The van der Waals surface area contributed by atoms with Crippen molar-refractivity contribution in [2.45, 2.75) is 6.92 Å². The smallest absolute Gasteiger partial charge is 0.324 e. The number of urea groups is 1. The maximum atomic E-state index is 12.9. The zero-order valence-electron chi connectivity index (χ0n) is 15.0. The molecule has 2 amide bonds. The lowest BCUT2D eigenvalue weighted by atomic mass is 10.1. The molecule has 27 heavy (non-hydrogen) atoms. The Bertz CT molecular complexity index is 1090. The molecule has 0 spiro atoms. The highest BCUT2D eigenvalue weighted by Gasteiger charge is 2.28. The fraction of sp³-hybridized carbons (Fsp3) is 0.200. The largest absolute Gasteiger partial charge is 0.450 e. The number of rotatable bonds is 3. The van der Waals surface area contributed by atoms with E-state index in [1.54, 1.807) is 47.2 Å². The molecule has 2 aromatic carbocycles. The van der Waals surface area contributed by atoms with E-state index in [0.29, 0.717) is 40.3 Å². The summed E-state index contributed by atoms with van der Waals surface area (Å²) < 4.78 is 5.78. The monoisotopic (exact) mass is 383 g/mol. The first-order chi connectivity index (χ1) is 12.9. The highest BCUT2D eigenvalue weighted by molar-refractivity contribution is 6.35. The topological polar surface area (TPSA) is 79.8 Å². The SMILES string of the molecule is Cc1ccc(C(=O)c2oc3cc(N4CCN(C)C4=O)ccc3c2N)c(Cl)c1. The molecule has 1 aromatic heterocycles. The van der Waals surface area contributed by atoms with Gasteiger partial charge in [0, 0.05) is 42.8 Å². The van der Waals surface area contributed by atoms with E-state index in [0.717, 1.165) is 5.56 Å². The number of likely N-dealkylation sites (N-methyl/N-ethyl adjacent to an activating group) is 1. The van der Waals surface area contributed by atoms with E-state index in [-0.39, 0.29) is 23.3 Å². The van der Waals surface area contributed by atoms with Gasteiger partial charge in [-0.1, -0.05) is 17.7 Å². The summed E-state index contributed by atoms with van der Waals surface area (Å²) in [5, 5.41) is 0.983. The molecule has 6 nitrogen and oxygen atoms in total. The molecule has 0 bridgehead atoms. The summed E-state index contributed by atoms with van der Waals surface area (Å²) in [5.41, 5.74) is 8.89. The van der Waals surface area contributed by atoms with Crippen molar-refractivity contribution >= 4 is 45.8 Å². The number of hydrogen-bond donors (Lipinski definition) is 1. The van der Waals surface area contributed by atoms with E-state index in [9.17, 15) is 9.59 Å². The van der Waals surface area contributed by atoms with Gasteiger partial charge in [0.05, 0.1) is 10.7 Å². The number of fused-ring (bicyclic) bond motifs is 1. The van der Waals surface area contributed by atoms with Crippen LogP contribution >= 0.6 is 11.6 Å². The van der Waals surface area contributed by atoms with Gasteiger partial charge in [-0.15, -0.1) is 0 Å². The summed E-state index contributed by atoms with van der Waals surface area (Å²) in [6, 6.07) is 10.4. The summed E-state index contributed by atoms with van der Waals surface area (Å²) >= 11 is 6.21. The van der Waals surface area contributed by atoms with Crippen molar-refractivity contribution in [2.75, 3.05) is 30.8 Å². The Kier molecular flexibility index (Phi) is 4.08. The van der Waals surface area contributed by atoms with Crippen molar-refractivity contribution in [1.82, 2.24) is 4.90 Å². The number of carbonyl (C=O) groups excluding carboxylic acids is 2. The number of nitrogen functional groups attached to an aromatic ring is 1. The van der Waals surface area contributed by atoms with Crippen LogP contribution in [0, 0.1) is 6.92 Å². The quantitative estimate of drug-likeness (QED) is 0.691. The minimum Gasteiger partial charge on any atom is -0.450 e. The van der Waals surface area contributed by atoms with Crippen LogP contribution in [0.2, 0.25) is 5.02 Å². The normalized spacial score (nSPS) is 14.4. The number of nitrogens with zero attached hydrogens (tertiary/aromatic N) is 2. The van der Waals surface area contributed by atoms with Crippen molar-refractivity contribution in [1.29, 1.82) is 0 Å². The Morgan fingerprint density at radius 2 is 1.96 bits per heavy atom. The Labute approximate surface area is 161 Å². The minimum atomic E-state index is -0.368. The van der Waals surface area contributed by atoms with E-state index in [1.165, 1.54) is 0 Å². The Morgan fingerprint density at radius 3 is 2.63 bits per heavy atom. The minimum absolute atomic E-state index is 0.0535. The molecule has 1 aliphatic heterocycles. The summed E-state index contributed by atoms with van der Waals surface area (Å²) in [6.07, 6.45) is 0. The third-order valence-electron chi connectivity index (χ3n) is 4.82. The van der Waals surface area contributed by atoms with Gasteiger partial charge in [-0.05, 0) is 36.8 Å². The number of halogens is 1. The molecule has 3 aromatic rings. The van der Waals surface area contributed by atoms with Gasteiger partial charge < -0.3 is 15.1 Å². The van der Waals surface area contributed by atoms with Crippen LogP contribution in [0.15, 0.2) is 40.8 Å². The molecule has 0 saturated carbocycles. The van der Waals surface area contributed by atoms with E-state index in [2.05, 4.69) is 0 Å². The first-order valence-electron chi connectivity index (χ1n) is 8.52. The number of aryl methyl sites for hydroxylation is 1. The lowest BCUT2D eigenvalue weighted by Crippen LogP contribution is -2.29. The van der Waals surface area contributed by atoms with Crippen LogP contribution in [-0.2, 0) is 0 Å². The molecule has 138 valence electrons. The zero-order chi connectivity index (χ0) is 19.3. The number of carbonyl (C=O) groups is 2. The van der Waals surface area contributed by atoms with Crippen LogP contribution in [0.5, 0.6) is 0 Å². The second-order valence-corrected chi connectivity index (χ2v) is 7.10. The zero-order valence-corrected chi connectivity index (χ0v) is 15.7. The van der Waals surface area contributed by atoms with Gasteiger partial charge in [-0.25, -0.2) is 4.79 Å². The lowest BCUT2D eigenvalue weighted by molar-refractivity contribution is 0.101. The van der Waals surface area contributed by atoms with Gasteiger partial charge in [0.25, 0.3) is 0 Å². The van der Waals surface area contributed by atoms with Crippen molar-refractivity contribution in [3.8, 4) is 0 Å². The number of amides is 2. The first-order valence-corrected chi connectivity index (χ1v) is 8.90. The highest BCUT2D eigenvalue weighted by Crippen LogP contribution is 2.34. The van der Waals surface area contributed by atoms with Crippen LogP contribution in [0.3, 0.4) is 0 Å². The molecular formula is C20H18ClN3O3. The number of furan rings is 1.